The van der Waals surface area contributed by atoms with E-state index in [0.717, 1.165) is 44.0 Å². The lowest BCUT2D eigenvalue weighted by molar-refractivity contribution is 0.768. The van der Waals surface area contributed by atoms with Crippen LogP contribution in [0.25, 0.3) is 33.4 Å². The molecular formula is C24H20ClN5. The zero-order valence-corrected chi connectivity index (χ0v) is 17.5. The lowest BCUT2D eigenvalue weighted by Gasteiger charge is -2.14. The van der Waals surface area contributed by atoms with Gasteiger partial charge in [0.2, 0.25) is 0 Å². The molecule has 0 unspecified atom stereocenters. The summed E-state index contributed by atoms with van der Waals surface area (Å²) in [6.45, 7) is 0. The zero-order valence-electron chi connectivity index (χ0n) is 16.7. The maximum Gasteiger partial charge on any atom is 0.0948 e. The Hall–Kier alpha value is -3.44. The second-order valence-corrected chi connectivity index (χ2v) is 7.82. The van der Waals surface area contributed by atoms with Gasteiger partial charge >= 0.3 is 0 Å². The molecule has 148 valence electrons. The van der Waals surface area contributed by atoms with Crippen molar-refractivity contribution in [3.05, 3.63) is 89.6 Å². The molecule has 0 aliphatic heterocycles. The molecule has 0 aliphatic carbocycles. The summed E-state index contributed by atoms with van der Waals surface area (Å²) in [6.07, 6.45) is 8.16. The van der Waals surface area contributed by atoms with Crippen LogP contribution in [0.2, 0.25) is 5.02 Å². The quantitative estimate of drug-likeness (QED) is 0.402. The van der Waals surface area contributed by atoms with Crippen LogP contribution in [0.5, 0.6) is 0 Å². The van der Waals surface area contributed by atoms with Crippen LogP contribution < -0.4 is 0 Å². The van der Waals surface area contributed by atoms with Crippen molar-refractivity contribution in [3.8, 4) is 22.5 Å². The molecule has 0 saturated carbocycles. The Morgan fingerprint density at radius 2 is 1.80 bits per heavy atom. The lowest BCUT2D eigenvalue weighted by Crippen LogP contribution is -1.99. The van der Waals surface area contributed by atoms with E-state index in [2.05, 4.69) is 34.3 Å². The summed E-state index contributed by atoms with van der Waals surface area (Å²) in [6, 6.07) is 16.5. The van der Waals surface area contributed by atoms with Crippen molar-refractivity contribution >= 4 is 22.5 Å². The van der Waals surface area contributed by atoms with E-state index in [4.69, 9.17) is 16.6 Å². The summed E-state index contributed by atoms with van der Waals surface area (Å²) in [5.74, 6) is 0. The average Bonchev–Trinajstić information content (AvgIpc) is 3.38. The van der Waals surface area contributed by atoms with Crippen LogP contribution in [0.3, 0.4) is 0 Å². The van der Waals surface area contributed by atoms with Crippen molar-refractivity contribution in [3.63, 3.8) is 0 Å². The van der Waals surface area contributed by atoms with Crippen molar-refractivity contribution < 1.29 is 0 Å². The Labute approximate surface area is 179 Å². The third kappa shape index (κ3) is 3.27. The SMILES string of the molecule is Cn1cc(-c2nc3ccc(-c4cncn4C)cc3c(Cl)c2Cc2ccccc2)cn1. The highest BCUT2D eigenvalue weighted by molar-refractivity contribution is 6.36. The van der Waals surface area contributed by atoms with Crippen LogP contribution in [0, 0.1) is 0 Å². The smallest absolute Gasteiger partial charge is 0.0948 e. The average molecular weight is 414 g/mol. The first-order chi connectivity index (χ1) is 14.6. The molecule has 3 aromatic heterocycles. The third-order valence-electron chi connectivity index (χ3n) is 5.33. The van der Waals surface area contributed by atoms with E-state index in [-0.39, 0.29) is 0 Å². The molecule has 0 atom stereocenters. The van der Waals surface area contributed by atoms with Crippen molar-refractivity contribution in [1.29, 1.82) is 0 Å². The van der Waals surface area contributed by atoms with Crippen molar-refractivity contribution in [2.24, 2.45) is 14.1 Å². The number of hydrogen-bond donors (Lipinski definition) is 0. The molecule has 2 aromatic carbocycles. The van der Waals surface area contributed by atoms with Gasteiger partial charge in [0.15, 0.2) is 0 Å². The summed E-state index contributed by atoms with van der Waals surface area (Å²) in [4.78, 5) is 9.24. The van der Waals surface area contributed by atoms with E-state index < -0.39 is 0 Å². The van der Waals surface area contributed by atoms with Gasteiger partial charge in [-0.1, -0.05) is 48.0 Å². The topological polar surface area (TPSA) is 48.5 Å². The standard InChI is InChI=1S/C24H20ClN5/c1-29-15-26-13-22(29)17-8-9-21-19(11-17)23(25)20(10-16-6-4-3-5-7-16)24(28-21)18-12-27-30(2)14-18/h3-9,11-15H,10H2,1-2H3. The fraction of sp³-hybridized carbons (Fsp3) is 0.125. The van der Waals surface area contributed by atoms with Crippen LogP contribution in [-0.2, 0) is 20.5 Å². The lowest BCUT2D eigenvalue weighted by atomic mass is 9.97. The third-order valence-corrected chi connectivity index (χ3v) is 5.76. The normalized spacial score (nSPS) is 11.3. The molecule has 0 aliphatic rings. The molecule has 3 heterocycles. The highest BCUT2D eigenvalue weighted by atomic mass is 35.5. The maximum absolute atomic E-state index is 7.04. The van der Waals surface area contributed by atoms with Gasteiger partial charge in [0, 0.05) is 48.8 Å². The molecule has 0 saturated heterocycles. The summed E-state index contributed by atoms with van der Waals surface area (Å²) in [5, 5.41) is 6.00. The zero-order chi connectivity index (χ0) is 20.7. The number of halogens is 1. The monoisotopic (exact) mass is 413 g/mol. The number of nitrogens with zero attached hydrogens (tertiary/aromatic N) is 5. The fourth-order valence-electron chi connectivity index (χ4n) is 3.80. The molecule has 5 aromatic rings. The van der Waals surface area contributed by atoms with Gasteiger partial charge in [-0.2, -0.15) is 5.10 Å². The Morgan fingerprint density at radius 1 is 0.967 bits per heavy atom. The molecule has 5 nitrogen and oxygen atoms in total. The number of imidazole rings is 1. The van der Waals surface area contributed by atoms with Crippen LogP contribution in [0.15, 0.2) is 73.4 Å². The molecule has 5 rings (SSSR count). The van der Waals surface area contributed by atoms with E-state index in [9.17, 15) is 0 Å². The van der Waals surface area contributed by atoms with Gasteiger partial charge in [-0.05, 0) is 17.7 Å². The summed E-state index contributed by atoms with van der Waals surface area (Å²) < 4.78 is 3.78. The van der Waals surface area contributed by atoms with Crippen molar-refractivity contribution in [2.75, 3.05) is 0 Å². The van der Waals surface area contributed by atoms with E-state index >= 15 is 0 Å². The number of fused-ring (bicyclic) bond motifs is 1. The molecule has 0 spiro atoms. The van der Waals surface area contributed by atoms with Gasteiger partial charge in [0.05, 0.1) is 40.6 Å². The van der Waals surface area contributed by atoms with Gasteiger partial charge < -0.3 is 4.57 Å². The molecule has 6 heteroatoms. The molecule has 0 amide bonds. The molecule has 30 heavy (non-hydrogen) atoms. The van der Waals surface area contributed by atoms with Gasteiger partial charge in [0.1, 0.15) is 0 Å². The molecule has 0 bridgehead atoms. The van der Waals surface area contributed by atoms with Crippen LogP contribution in [0.1, 0.15) is 11.1 Å². The van der Waals surface area contributed by atoms with Crippen LogP contribution >= 0.6 is 11.6 Å². The van der Waals surface area contributed by atoms with Crippen molar-refractivity contribution in [2.45, 2.75) is 6.42 Å². The molecule has 0 radical (unpaired) electrons. The van der Waals surface area contributed by atoms with Crippen LogP contribution in [-0.4, -0.2) is 24.3 Å². The van der Waals surface area contributed by atoms with Crippen LogP contribution in [0.4, 0.5) is 0 Å². The number of hydrogen-bond acceptors (Lipinski definition) is 3. The molecule has 0 fully saturated rings. The highest BCUT2D eigenvalue weighted by Crippen LogP contribution is 2.36. The Balaban J connectivity index is 1.73. The first-order valence-corrected chi connectivity index (χ1v) is 10.1. The van der Waals surface area contributed by atoms with Crippen molar-refractivity contribution in [1.82, 2.24) is 24.3 Å². The number of aryl methyl sites for hydroxylation is 2. The van der Waals surface area contributed by atoms with Gasteiger partial charge in [-0.3, -0.25) is 4.68 Å². The Kier molecular flexibility index (Phi) is 4.60. The minimum Gasteiger partial charge on any atom is -0.334 e. The van der Waals surface area contributed by atoms with Gasteiger partial charge in [0.25, 0.3) is 0 Å². The molecular weight excluding hydrogens is 394 g/mol. The molecule has 0 N–H and O–H groups in total. The number of benzene rings is 2. The first-order valence-electron chi connectivity index (χ1n) is 9.72. The second kappa shape index (κ2) is 7.43. The Bertz CT molecular complexity index is 1350. The summed E-state index contributed by atoms with van der Waals surface area (Å²) >= 11 is 7.04. The number of aromatic nitrogens is 5. The predicted octanol–water partition coefficient (Wildman–Crippen LogP) is 5.28. The largest absolute Gasteiger partial charge is 0.334 e. The van der Waals surface area contributed by atoms with E-state index in [1.807, 2.05) is 61.5 Å². The fourth-order valence-corrected chi connectivity index (χ4v) is 4.11. The number of pyridine rings is 1. The van der Waals surface area contributed by atoms with Gasteiger partial charge in [-0.15, -0.1) is 0 Å². The Morgan fingerprint density at radius 3 is 2.50 bits per heavy atom. The van der Waals surface area contributed by atoms with Gasteiger partial charge in [-0.25, -0.2) is 9.97 Å². The minimum atomic E-state index is 0.697. The summed E-state index contributed by atoms with van der Waals surface area (Å²) in [5.41, 5.74) is 6.99. The predicted molar refractivity (Wildman–Crippen MR) is 120 cm³/mol. The van der Waals surface area contributed by atoms with E-state index in [1.165, 1.54) is 5.56 Å². The summed E-state index contributed by atoms with van der Waals surface area (Å²) in [7, 11) is 3.89. The van der Waals surface area contributed by atoms with E-state index in [0.29, 0.717) is 6.42 Å². The first kappa shape index (κ1) is 18.6. The maximum atomic E-state index is 7.04. The number of rotatable bonds is 4. The minimum absolute atomic E-state index is 0.697. The second-order valence-electron chi connectivity index (χ2n) is 7.44. The van der Waals surface area contributed by atoms with E-state index in [1.54, 1.807) is 11.0 Å². The highest BCUT2D eigenvalue weighted by Gasteiger charge is 2.18.